The second-order valence-corrected chi connectivity index (χ2v) is 26.2. The number of ether oxygens (including phenoxy) is 4. The van der Waals surface area contributed by atoms with Gasteiger partial charge in [0.25, 0.3) is 6.29 Å². The first-order valence-corrected chi connectivity index (χ1v) is 38.0. The Bertz CT molecular complexity index is 2040. The Labute approximate surface area is 572 Å². The van der Waals surface area contributed by atoms with E-state index in [0.717, 1.165) is 109 Å². The predicted molar refractivity (Wildman–Crippen MR) is 400 cm³/mol. The lowest BCUT2D eigenvalue weighted by molar-refractivity contribution is -0.870. The van der Waals surface area contributed by atoms with E-state index in [1.165, 1.54) is 167 Å². The molecule has 0 aliphatic carbocycles. The van der Waals surface area contributed by atoms with Gasteiger partial charge in [0.1, 0.15) is 13.2 Å². The van der Waals surface area contributed by atoms with E-state index in [1.807, 2.05) is 21.1 Å². The first kappa shape index (κ1) is 88.2. The molecule has 2 unspecified atom stereocenters. The molecule has 0 amide bonds. The Balaban J connectivity index is 4.06. The zero-order valence-electron chi connectivity index (χ0n) is 60.6. The number of aliphatic carboxylic acids is 1. The molecule has 0 aromatic heterocycles. The molecule has 0 spiro atoms. The summed E-state index contributed by atoms with van der Waals surface area (Å²) in [6, 6.07) is 0. The molecule has 0 aliphatic heterocycles. The van der Waals surface area contributed by atoms with Crippen molar-refractivity contribution < 1.29 is 42.9 Å². The molecule has 0 radical (unpaired) electrons. The average Bonchev–Trinajstić information content (AvgIpc) is 3.38. The molecule has 0 aliphatic rings. The maximum Gasteiger partial charge on any atom is 0.361 e. The summed E-state index contributed by atoms with van der Waals surface area (Å²) >= 11 is 0. The summed E-state index contributed by atoms with van der Waals surface area (Å²) in [5, 5.41) is 9.75. The highest BCUT2D eigenvalue weighted by atomic mass is 16.7. The summed E-state index contributed by atoms with van der Waals surface area (Å²) in [6.07, 6.45) is 104. The van der Waals surface area contributed by atoms with Crippen LogP contribution in [0.2, 0.25) is 0 Å². The van der Waals surface area contributed by atoms with Crippen LogP contribution in [0, 0.1) is 0 Å². The van der Waals surface area contributed by atoms with Crippen LogP contribution < -0.4 is 0 Å². The Morgan fingerprint density at radius 1 is 0.323 bits per heavy atom. The minimum atomic E-state index is -1.53. The van der Waals surface area contributed by atoms with Crippen LogP contribution in [-0.4, -0.2) is 87.4 Å². The highest BCUT2D eigenvalue weighted by Gasteiger charge is 2.25. The number of quaternary nitrogens is 1. The van der Waals surface area contributed by atoms with E-state index in [0.29, 0.717) is 17.4 Å². The summed E-state index contributed by atoms with van der Waals surface area (Å²) in [7, 11) is 5.96. The fourth-order valence-corrected chi connectivity index (χ4v) is 10.4. The van der Waals surface area contributed by atoms with Crippen LogP contribution in [0.25, 0.3) is 0 Å². The van der Waals surface area contributed by atoms with Crippen molar-refractivity contribution in [3.8, 4) is 0 Å². The highest BCUT2D eigenvalue weighted by Crippen LogP contribution is 2.18. The van der Waals surface area contributed by atoms with Gasteiger partial charge in [0, 0.05) is 12.8 Å². The number of carbonyl (C=O) groups excluding carboxylic acids is 2. The molecule has 1 N–H and O–H groups in total. The van der Waals surface area contributed by atoms with Crippen LogP contribution in [0.15, 0.2) is 146 Å². The molecule has 93 heavy (non-hydrogen) atoms. The fourth-order valence-electron chi connectivity index (χ4n) is 10.4. The number of rotatable bonds is 69. The number of esters is 2. The van der Waals surface area contributed by atoms with Gasteiger partial charge in [0.15, 0.2) is 6.10 Å². The molecule has 0 aromatic rings. The quantitative estimate of drug-likeness (QED) is 0.0211. The molecule has 0 fully saturated rings. The number of likely N-dealkylation sites (N-methyl/N-ethyl adjacent to an activating group) is 1. The van der Waals surface area contributed by atoms with Gasteiger partial charge in [-0.05, 0) is 116 Å². The van der Waals surface area contributed by atoms with Crippen molar-refractivity contribution in [3.05, 3.63) is 146 Å². The van der Waals surface area contributed by atoms with Gasteiger partial charge in [-0.3, -0.25) is 9.59 Å². The molecule has 2 atom stereocenters. The first-order chi connectivity index (χ1) is 45.6. The average molecular weight is 1290 g/mol. The molecule has 9 nitrogen and oxygen atoms in total. The van der Waals surface area contributed by atoms with Gasteiger partial charge in [-0.1, -0.05) is 327 Å². The van der Waals surface area contributed by atoms with Crippen molar-refractivity contribution in [1.82, 2.24) is 0 Å². The van der Waals surface area contributed by atoms with Crippen molar-refractivity contribution >= 4 is 17.9 Å². The van der Waals surface area contributed by atoms with Gasteiger partial charge in [0.2, 0.25) is 0 Å². The van der Waals surface area contributed by atoms with E-state index in [4.69, 9.17) is 18.9 Å². The third-order valence-electron chi connectivity index (χ3n) is 16.1. The molecular weight excluding hydrogens is 1150 g/mol. The van der Waals surface area contributed by atoms with E-state index in [9.17, 15) is 19.5 Å². The van der Waals surface area contributed by atoms with Crippen LogP contribution >= 0.6 is 0 Å². The van der Waals surface area contributed by atoms with E-state index in [-0.39, 0.29) is 38.6 Å². The Kier molecular flexibility index (Phi) is 69.2. The number of hydrogen-bond acceptors (Lipinski definition) is 7. The molecule has 0 rings (SSSR count). The van der Waals surface area contributed by atoms with Gasteiger partial charge < -0.3 is 28.5 Å². The Morgan fingerprint density at radius 2 is 0.581 bits per heavy atom. The predicted octanol–water partition coefficient (Wildman–Crippen LogP) is 24.3. The zero-order valence-corrected chi connectivity index (χ0v) is 60.6. The lowest BCUT2D eigenvalue weighted by Crippen LogP contribution is -2.40. The van der Waals surface area contributed by atoms with Gasteiger partial charge in [0.05, 0.1) is 34.4 Å². The highest BCUT2D eigenvalue weighted by molar-refractivity contribution is 5.71. The molecule has 0 saturated heterocycles. The maximum atomic E-state index is 12.9. The second-order valence-electron chi connectivity index (χ2n) is 26.2. The summed E-state index contributed by atoms with van der Waals surface area (Å²) in [5.74, 6) is -2.07. The normalized spacial score (nSPS) is 13.5. The molecule has 0 heterocycles. The standard InChI is InChI=1S/C84H141NO8/c1-6-8-10-12-14-16-18-20-22-24-26-28-30-32-34-35-36-37-38-39-40-41-42-43-44-45-46-47-49-50-52-54-56-58-60-62-64-66-68-70-72-74-81(86)91-78-80(79-92-84(83(88)89)90-77-76-85(3,4)5)93-82(87)75-73-71-69-67-65-63-61-59-57-55-53-51-48-33-31-29-27-25-23-21-19-17-15-13-11-9-7-2/h8-11,14-17,20-23,26-29,33,48,53,55,59,61,65,67,80,84H,6-7,12-13,18-19,24-25,30-32,34-47,49-52,54,56-58,60,62-64,66,68-79H2,1-5H3/p+1/b10-8-,11-9-,16-14-,17-15-,22-20-,23-21-,28-26-,29-27-,48-33-,55-53-,61-59-,67-65-. The van der Waals surface area contributed by atoms with Crippen LogP contribution in [0.1, 0.15) is 309 Å². The van der Waals surface area contributed by atoms with Crippen LogP contribution in [0.4, 0.5) is 0 Å². The summed E-state index contributed by atoms with van der Waals surface area (Å²) < 4.78 is 22.9. The van der Waals surface area contributed by atoms with E-state index >= 15 is 0 Å². The minimum Gasteiger partial charge on any atom is -0.477 e. The summed E-state index contributed by atoms with van der Waals surface area (Å²) in [4.78, 5) is 37.6. The molecule has 0 saturated carbocycles. The Hall–Kier alpha value is -4.83. The van der Waals surface area contributed by atoms with Crippen molar-refractivity contribution in [3.63, 3.8) is 0 Å². The number of nitrogens with zero attached hydrogens (tertiary/aromatic N) is 1. The monoisotopic (exact) mass is 1290 g/mol. The van der Waals surface area contributed by atoms with Crippen molar-refractivity contribution in [2.75, 3.05) is 47.5 Å². The number of carboxylic acids is 1. The van der Waals surface area contributed by atoms with Gasteiger partial charge in [-0.2, -0.15) is 0 Å². The lowest BCUT2D eigenvalue weighted by Gasteiger charge is -2.25. The number of carboxylic acid groups (broad SMARTS) is 1. The lowest BCUT2D eigenvalue weighted by atomic mass is 10.0. The third kappa shape index (κ3) is 74.4. The smallest absolute Gasteiger partial charge is 0.361 e. The zero-order chi connectivity index (χ0) is 67.5. The number of unbranched alkanes of at least 4 members (excludes halogenated alkanes) is 30. The number of hydrogen-bond donors (Lipinski definition) is 1. The van der Waals surface area contributed by atoms with E-state index in [2.05, 4.69) is 160 Å². The van der Waals surface area contributed by atoms with Crippen molar-refractivity contribution in [2.45, 2.75) is 322 Å². The van der Waals surface area contributed by atoms with Gasteiger partial charge in [-0.25, -0.2) is 4.79 Å². The molecule has 0 aromatic carbocycles. The van der Waals surface area contributed by atoms with E-state index in [1.54, 1.807) is 0 Å². The van der Waals surface area contributed by atoms with E-state index < -0.39 is 24.3 Å². The second kappa shape index (κ2) is 73.0. The van der Waals surface area contributed by atoms with Crippen LogP contribution in [0.5, 0.6) is 0 Å². The minimum absolute atomic E-state index is 0.173. The fraction of sp³-hybridized carbons (Fsp3) is 0.679. The summed E-state index contributed by atoms with van der Waals surface area (Å²) in [5.41, 5.74) is 0. The third-order valence-corrected chi connectivity index (χ3v) is 16.1. The summed E-state index contributed by atoms with van der Waals surface area (Å²) in [6.45, 7) is 4.61. The maximum absolute atomic E-state index is 12.9. The number of allylic oxidation sites excluding steroid dienone is 24. The molecular formula is C84H142NO8+. The largest absolute Gasteiger partial charge is 0.477 e. The molecule has 9 heteroatoms. The SMILES string of the molecule is CC/C=C\C/C=C\C/C=C\C/C=C\C/C=C\C/C=C\C/C=C\C/C=C\CCCCC(=O)OC(COC(=O)CCCCCCCCCCCCCCCCCCCCCCCCCCCCCC/C=C\C/C=C\C/C=C\C/C=C\CC)COC(OCC[N+](C)(C)C)C(=O)O. The topological polar surface area (TPSA) is 108 Å². The van der Waals surface area contributed by atoms with Crippen LogP contribution in [0.3, 0.4) is 0 Å². The molecule has 0 bridgehead atoms. The van der Waals surface area contributed by atoms with Crippen molar-refractivity contribution in [1.29, 1.82) is 0 Å². The number of carbonyl (C=O) groups is 3. The Morgan fingerprint density at radius 3 is 0.882 bits per heavy atom. The van der Waals surface area contributed by atoms with Crippen LogP contribution in [-0.2, 0) is 33.3 Å². The first-order valence-electron chi connectivity index (χ1n) is 38.0. The van der Waals surface area contributed by atoms with Crippen molar-refractivity contribution in [2.24, 2.45) is 0 Å². The van der Waals surface area contributed by atoms with Gasteiger partial charge in [-0.15, -0.1) is 0 Å². The molecule has 530 valence electrons. The van der Waals surface area contributed by atoms with Gasteiger partial charge >= 0.3 is 17.9 Å².